The number of anilines is 1. The van der Waals surface area contributed by atoms with E-state index in [1.807, 2.05) is 45.0 Å². The number of para-hydroxylation sites is 1. The van der Waals surface area contributed by atoms with Gasteiger partial charge in [-0.2, -0.15) is 0 Å². The fraction of sp³-hybridized carbons (Fsp3) is 0.607. The maximum atomic E-state index is 14.1. The summed E-state index contributed by atoms with van der Waals surface area (Å²) in [5.41, 5.74) is -0.482. The number of hydrogen-bond donors (Lipinski definition) is 2. The second-order valence-corrected chi connectivity index (χ2v) is 12.5. The second-order valence-electron chi connectivity index (χ2n) is 12.5. The Morgan fingerprint density at radius 3 is 2.41 bits per heavy atom. The highest BCUT2D eigenvalue weighted by Crippen LogP contribution is 2.47. The lowest BCUT2D eigenvalue weighted by atomic mass is 9.80. The van der Waals surface area contributed by atoms with E-state index in [-0.39, 0.29) is 36.1 Å². The molecule has 2 aliphatic rings. The van der Waals surface area contributed by atoms with Gasteiger partial charge in [-0.3, -0.25) is 28.9 Å². The van der Waals surface area contributed by atoms with Crippen LogP contribution in [0, 0.1) is 17.4 Å². The molecule has 1 saturated heterocycles. The minimum atomic E-state index is -0.996. The summed E-state index contributed by atoms with van der Waals surface area (Å²) in [4.78, 5) is 59.6. The zero-order valence-electron chi connectivity index (χ0n) is 23.1. The monoisotopic (exact) mass is 509 g/mol. The van der Waals surface area contributed by atoms with Crippen LogP contribution in [0.2, 0.25) is 0 Å². The summed E-state index contributed by atoms with van der Waals surface area (Å²) in [6, 6.07) is 5.68. The second kappa shape index (κ2) is 9.81. The van der Waals surface area contributed by atoms with Crippen molar-refractivity contribution in [1.82, 2.24) is 15.1 Å². The van der Waals surface area contributed by atoms with Crippen molar-refractivity contribution in [3.8, 4) is 0 Å². The van der Waals surface area contributed by atoms with Gasteiger partial charge in [0, 0.05) is 24.7 Å². The van der Waals surface area contributed by atoms with Gasteiger partial charge in [-0.1, -0.05) is 59.7 Å². The lowest BCUT2D eigenvalue weighted by molar-refractivity contribution is -0.147. The first-order chi connectivity index (χ1) is 17.0. The molecule has 4 amide bonds. The van der Waals surface area contributed by atoms with Crippen LogP contribution in [0.15, 0.2) is 24.3 Å². The summed E-state index contributed by atoms with van der Waals surface area (Å²) < 4.78 is 0. The number of hydrogen-bond acceptors (Lipinski definition) is 4. The summed E-state index contributed by atoms with van der Waals surface area (Å²) in [6.45, 7) is 20.7. The molecule has 1 spiro atoms. The van der Waals surface area contributed by atoms with Gasteiger partial charge in [0.25, 0.3) is 5.91 Å². The average Bonchev–Trinajstić information content (AvgIpc) is 3.33. The zero-order valence-corrected chi connectivity index (χ0v) is 23.1. The molecular weight excluding hydrogens is 470 g/mol. The van der Waals surface area contributed by atoms with E-state index in [1.165, 1.54) is 9.80 Å². The lowest BCUT2D eigenvalue weighted by Gasteiger charge is -2.36. The maximum Gasteiger partial charge on any atom is 0.302 e. The van der Waals surface area contributed by atoms with Crippen molar-refractivity contribution in [2.24, 2.45) is 10.8 Å². The van der Waals surface area contributed by atoms with Gasteiger partial charge in [-0.25, -0.2) is 6.57 Å². The molecule has 0 unspecified atom stereocenters. The van der Waals surface area contributed by atoms with Crippen molar-refractivity contribution < 1.29 is 19.2 Å². The standard InChI is InChI=1S/C28H39N5O4/c1-17(30-24(36)27(5,6)7)22(34)32(9)20(14-26(2,3)4)23(35)33-16-28(15-21(33)29-8)18-12-10-11-13-19(18)31-25(28)37/h10-13,17,20-21H,14-16H2,1-7,9H3,(H,30,36)(H,31,37)/t17-,20-,21-,28-/m0/s1. The number of fused-ring (bicyclic) bond motifs is 2. The molecule has 9 heteroatoms. The number of amides is 4. The molecule has 9 nitrogen and oxygen atoms in total. The van der Waals surface area contributed by atoms with Crippen molar-refractivity contribution in [3.05, 3.63) is 41.2 Å². The van der Waals surface area contributed by atoms with E-state index < -0.39 is 35.0 Å². The highest BCUT2D eigenvalue weighted by Gasteiger charge is 2.59. The summed E-state index contributed by atoms with van der Waals surface area (Å²) in [6.07, 6.45) is -0.276. The minimum Gasteiger partial charge on any atom is -0.344 e. The minimum absolute atomic E-state index is 0.0702. The van der Waals surface area contributed by atoms with E-state index in [4.69, 9.17) is 6.57 Å². The van der Waals surface area contributed by atoms with E-state index in [0.29, 0.717) is 12.1 Å². The maximum absolute atomic E-state index is 14.1. The molecule has 1 aromatic carbocycles. The van der Waals surface area contributed by atoms with Gasteiger partial charge in [0.05, 0.1) is 6.42 Å². The first-order valence-corrected chi connectivity index (χ1v) is 12.7. The van der Waals surface area contributed by atoms with Crippen LogP contribution < -0.4 is 10.6 Å². The van der Waals surface area contributed by atoms with Crippen molar-refractivity contribution in [3.63, 3.8) is 0 Å². The summed E-state index contributed by atoms with van der Waals surface area (Å²) >= 11 is 0. The molecule has 1 aromatic rings. The topological polar surface area (TPSA) is 103 Å². The predicted molar refractivity (Wildman–Crippen MR) is 141 cm³/mol. The number of nitrogens with zero attached hydrogens (tertiary/aromatic N) is 3. The van der Waals surface area contributed by atoms with Crippen molar-refractivity contribution in [2.45, 2.75) is 85.0 Å². The molecule has 2 heterocycles. The molecule has 0 radical (unpaired) electrons. The molecule has 200 valence electrons. The van der Waals surface area contributed by atoms with Gasteiger partial charge in [-0.05, 0) is 30.4 Å². The molecular formula is C28H39N5O4. The molecule has 0 aromatic heterocycles. The molecule has 0 aliphatic carbocycles. The number of benzene rings is 1. The fourth-order valence-electron chi connectivity index (χ4n) is 5.05. The summed E-state index contributed by atoms with van der Waals surface area (Å²) in [5.74, 6) is -1.23. The Morgan fingerprint density at radius 1 is 1.22 bits per heavy atom. The number of rotatable bonds is 5. The van der Waals surface area contributed by atoms with Crippen LogP contribution in [0.3, 0.4) is 0 Å². The molecule has 2 aliphatic heterocycles. The van der Waals surface area contributed by atoms with Crippen molar-refractivity contribution in [1.29, 1.82) is 0 Å². The molecule has 1 fully saturated rings. The van der Waals surface area contributed by atoms with E-state index in [0.717, 1.165) is 5.56 Å². The van der Waals surface area contributed by atoms with Crippen LogP contribution in [0.4, 0.5) is 5.69 Å². The third-order valence-corrected chi connectivity index (χ3v) is 7.19. The van der Waals surface area contributed by atoms with Crippen LogP contribution in [0.5, 0.6) is 0 Å². The highest BCUT2D eigenvalue weighted by atomic mass is 16.2. The Labute approximate surface area is 219 Å². The quantitative estimate of drug-likeness (QED) is 0.595. The summed E-state index contributed by atoms with van der Waals surface area (Å²) in [5, 5.41) is 5.65. The highest BCUT2D eigenvalue weighted by molar-refractivity contribution is 6.07. The third kappa shape index (κ3) is 5.48. The Morgan fingerprint density at radius 2 is 1.84 bits per heavy atom. The molecule has 37 heavy (non-hydrogen) atoms. The van der Waals surface area contributed by atoms with Gasteiger partial charge in [0.2, 0.25) is 17.7 Å². The molecule has 4 atom stereocenters. The largest absolute Gasteiger partial charge is 0.344 e. The Kier molecular flexibility index (Phi) is 7.46. The van der Waals surface area contributed by atoms with Gasteiger partial charge in [-0.15, -0.1) is 0 Å². The number of likely N-dealkylation sites (tertiary alicyclic amines) is 1. The number of likely N-dealkylation sites (N-methyl/N-ethyl adjacent to an activating group) is 1. The van der Waals surface area contributed by atoms with E-state index in [9.17, 15) is 19.2 Å². The zero-order chi connectivity index (χ0) is 27.9. The average molecular weight is 510 g/mol. The van der Waals surface area contributed by atoms with Crippen LogP contribution in [-0.4, -0.2) is 65.3 Å². The number of carbonyl (C=O) groups excluding carboxylic acids is 4. The van der Waals surface area contributed by atoms with Crippen molar-refractivity contribution >= 4 is 29.3 Å². The van der Waals surface area contributed by atoms with E-state index in [1.54, 1.807) is 34.7 Å². The van der Waals surface area contributed by atoms with E-state index >= 15 is 0 Å². The third-order valence-electron chi connectivity index (χ3n) is 7.19. The number of carbonyl (C=O) groups is 4. The van der Waals surface area contributed by atoms with Crippen LogP contribution in [0.25, 0.3) is 4.85 Å². The Bertz CT molecular complexity index is 1140. The van der Waals surface area contributed by atoms with Crippen LogP contribution in [-0.2, 0) is 24.6 Å². The molecule has 0 bridgehead atoms. The smallest absolute Gasteiger partial charge is 0.302 e. The summed E-state index contributed by atoms with van der Waals surface area (Å²) in [7, 11) is 1.56. The molecule has 2 N–H and O–H groups in total. The van der Waals surface area contributed by atoms with Crippen LogP contribution in [0.1, 0.15) is 66.9 Å². The Hall–Kier alpha value is -3.41. The lowest BCUT2D eigenvalue weighted by Crippen LogP contribution is -2.56. The van der Waals surface area contributed by atoms with Crippen LogP contribution >= 0.6 is 0 Å². The van der Waals surface area contributed by atoms with Crippen molar-refractivity contribution in [2.75, 3.05) is 18.9 Å². The normalized spacial score (nSPS) is 22.6. The first kappa shape index (κ1) is 28.2. The van der Waals surface area contributed by atoms with Gasteiger partial charge < -0.3 is 15.5 Å². The predicted octanol–water partition coefficient (Wildman–Crippen LogP) is 3.17. The van der Waals surface area contributed by atoms with E-state index in [2.05, 4.69) is 15.5 Å². The molecule has 0 saturated carbocycles. The van der Waals surface area contributed by atoms with Gasteiger partial charge >= 0.3 is 6.17 Å². The van der Waals surface area contributed by atoms with Gasteiger partial charge in [0.15, 0.2) is 0 Å². The number of nitrogens with one attached hydrogen (secondary N) is 2. The first-order valence-electron chi connectivity index (χ1n) is 12.7. The molecule has 3 rings (SSSR count). The Balaban J connectivity index is 1.91. The van der Waals surface area contributed by atoms with Gasteiger partial charge in [0.1, 0.15) is 17.5 Å². The fourth-order valence-corrected chi connectivity index (χ4v) is 5.05. The SMILES string of the molecule is [C-]#[N+][C@@H]1C[C@@]2(CN1C(=O)[C@H](CC(C)(C)C)N(C)C(=O)[C@H](C)NC(=O)C(C)(C)C)C(=O)Nc1ccccc12.